The summed E-state index contributed by atoms with van der Waals surface area (Å²) in [5.41, 5.74) is -2.61. The Kier molecular flexibility index (Phi) is 4.07. The van der Waals surface area contributed by atoms with E-state index >= 15 is 0 Å². The molecule has 1 aromatic rings. The number of methoxy groups -OCH3 is 1. The summed E-state index contributed by atoms with van der Waals surface area (Å²) in [6.07, 6.45) is -8.64. The molecule has 0 aliphatic rings. The fraction of sp³-hybridized carbons (Fsp3) is 0.375. The maximum Gasteiger partial charge on any atom is 0.574 e. The summed E-state index contributed by atoms with van der Waals surface area (Å²) < 4.78 is 68.8. The maximum atomic E-state index is 12.5. The van der Waals surface area contributed by atoms with Crippen molar-refractivity contribution in [3.05, 3.63) is 21.9 Å². The summed E-state index contributed by atoms with van der Waals surface area (Å²) in [4.78, 5) is 12.1. The fourth-order valence-electron chi connectivity index (χ4n) is 1.12. The van der Waals surface area contributed by atoms with Gasteiger partial charge >= 0.3 is 12.0 Å². The van der Waals surface area contributed by atoms with Crippen molar-refractivity contribution in [2.75, 3.05) is 7.11 Å². The van der Waals surface area contributed by atoms with Crippen molar-refractivity contribution in [3.63, 3.8) is 0 Å². The maximum absolute atomic E-state index is 12.5. The molecule has 0 fully saturated rings. The third-order valence-electron chi connectivity index (χ3n) is 1.80. The normalized spacial score (nSPS) is 11.5. The molecule has 0 saturated carbocycles. The van der Waals surface area contributed by atoms with Crippen molar-refractivity contribution in [1.29, 1.82) is 0 Å². The summed E-state index contributed by atoms with van der Waals surface area (Å²) in [7, 11) is 0.881. The lowest BCUT2D eigenvalue weighted by atomic mass is 10.3. The van der Waals surface area contributed by atoms with Gasteiger partial charge in [-0.15, -0.1) is 13.2 Å². The molecule has 19 heavy (non-hydrogen) atoms. The largest absolute Gasteiger partial charge is 0.574 e. The number of ether oxygens (including phenoxy) is 2. The second kappa shape index (κ2) is 5.20. The van der Waals surface area contributed by atoms with Gasteiger partial charge in [0.05, 0.1) is 18.1 Å². The molecule has 1 rings (SSSR count). The molecule has 6 nitrogen and oxygen atoms in total. The first-order valence-corrected chi connectivity index (χ1v) is 4.43. The Balaban J connectivity index is 3.39. The van der Waals surface area contributed by atoms with Crippen LogP contribution >= 0.6 is 0 Å². The van der Waals surface area contributed by atoms with Gasteiger partial charge in [0.1, 0.15) is 0 Å². The highest BCUT2D eigenvalue weighted by atomic mass is 19.4. The zero-order valence-corrected chi connectivity index (χ0v) is 9.07. The van der Waals surface area contributed by atoms with E-state index < -0.39 is 40.7 Å². The first-order chi connectivity index (χ1) is 8.65. The second-order valence-corrected chi connectivity index (χ2v) is 3.01. The van der Waals surface area contributed by atoms with Crippen LogP contribution in [-0.2, 0) is 0 Å². The van der Waals surface area contributed by atoms with Crippen LogP contribution in [0.4, 0.5) is 27.6 Å². The zero-order chi connectivity index (χ0) is 14.8. The average Bonchev–Trinajstić information content (AvgIpc) is 2.25. The molecule has 1 aromatic heterocycles. The molecule has 0 unspecified atom stereocenters. The second-order valence-electron chi connectivity index (χ2n) is 3.01. The molecular formula is C8H5F5N2O4. The van der Waals surface area contributed by atoms with Crippen molar-refractivity contribution in [2.24, 2.45) is 0 Å². The van der Waals surface area contributed by atoms with Gasteiger partial charge in [0.15, 0.2) is 11.4 Å². The molecule has 0 radical (unpaired) electrons. The van der Waals surface area contributed by atoms with E-state index in [4.69, 9.17) is 0 Å². The van der Waals surface area contributed by atoms with Crippen molar-refractivity contribution >= 4 is 5.69 Å². The van der Waals surface area contributed by atoms with Gasteiger partial charge in [0, 0.05) is 0 Å². The van der Waals surface area contributed by atoms with Crippen molar-refractivity contribution < 1.29 is 36.3 Å². The van der Waals surface area contributed by atoms with E-state index in [2.05, 4.69) is 14.5 Å². The van der Waals surface area contributed by atoms with E-state index in [1.165, 1.54) is 0 Å². The van der Waals surface area contributed by atoms with Gasteiger partial charge in [-0.05, 0) is 0 Å². The Morgan fingerprint density at radius 3 is 2.37 bits per heavy atom. The summed E-state index contributed by atoms with van der Waals surface area (Å²) in [6.45, 7) is 0. The Morgan fingerprint density at radius 2 is 2.00 bits per heavy atom. The average molecular weight is 288 g/mol. The molecule has 106 valence electrons. The van der Waals surface area contributed by atoms with Gasteiger partial charge in [-0.25, -0.2) is 13.8 Å². The zero-order valence-electron chi connectivity index (χ0n) is 9.07. The number of alkyl halides is 5. The molecule has 0 aliphatic heterocycles. The number of hydrogen-bond donors (Lipinski definition) is 0. The Bertz CT molecular complexity index is 491. The van der Waals surface area contributed by atoms with E-state index in [0.29, 0.717) is 6.07 Å². The van der Waals surface area contributed by atoms with Crippen molar-refractivity contribution in [2.45, 2.75) is 12.8 Å². The minimum atomic E-state index is -5.20. The van der Waals surface area contributed by atoms with Crippen LogP contribution in [0.3, 0.4) is 0 Å². The summed E-state index contributed by atoms with van der Waals surface area (Å²) in [6, 6.07) is 0.384. The first kappa shape index (κ1) is 14.9. The molecule has 0 aliphatic carbocycles. The van der Waals surface area contributed by atoms with Gasteiger partial charge in [-0.1, -0.05) is 0 Å². The van der Waals surface area contributed by atoms with Crippen LogP contribution < -0.4 is 9.47 Å². The highest BCUT2D eigenvalue weighted by Gasteiger charge is 2.36. The summed E-state index contributed by atoms with van der Waals surface area (Å²) in [5.74, 6) is -2.11. The summed E-state index contributed by atoms with van der Waals surface area (Å²) in [5, 5.41) is 10.5. The Morgan fingerprint density at radius 1 is 1.42 bits per heavy atom. The molecule has 0 saturated heterocycles. The number of nitrogens with zero attached hydrogens (tertiary/aromatic N) is 2. The van der Waals surface area contributed by atoms with Crippen LogP contribution in [0.25, 0.3) is 0 Å². The fourth-order valence-corrected chi connectivity index (χ4v) is 1.12. The van der Waals surface area contributed by atoms with Crippen LogP contribution in [0.15, 0.2) is 6.07 Å². The molecule has 0 bridgehead atoms. The number of hydrogen-bond acceptors (Lipinski definition) is 5. The summed E-state index contributed by atoms with van der Waals surface area (Å²) >= 11 is 0. The van der Waals surface area contributed by atoms with Gasteiger partial charge in [-0.2, -0.15) is 0 Å². The van der Waals surface area contributed by atoms with Crippen LogP contribution in [0, 0.1) is 10.1 Å². The van der Waals surface area contributed by atoms with Crippen molar-refractivity contribution in [1.82, 2.24) is 4.98 Å². The van der Waals surface area contributed by atoms with E-state index in [1.54, 1.807) is 0 Å². The van der Waals surface area contributed by atoms with Crippen molar-refractivity contribution in [3.8, 4) is 11.6 Å². The van der Waals surface area contributed by atoms with E-state index in [-0.39, 0.29) is 0 Å². The topological polar surface area (TPSA) is 74.5 Å². The first-order valence-electron chi connectivity index (χ1n) is 4.43. The number of pyridine rings is 1. The van der Waals surface area contributed by atoms with Gasteiger partial charge in [0.25, 0.3) is 12.3 Å². The predicted octanol–water partition coefficient (Wildman–Crippen LogP) is 2.83. The molecule has 0 N–H and O–H groups in total. The van der Waals surface area contributed by atoms with Crippen LogP contribution in [-0.4, -0.2) is 23.4 Å². The lowest BCUT2D eigenvalue weighted by Gasteiger charge is -2.12. The number of nitro groups is 1. The highest BCUT2D eigenvalue weighted by molar-refractivity contribution is 5.48. The SMILES string of the molecule is COc1cc([N+](=O)[O-])c(C(F)F)nc1OC(F)(F)F. The van der Waals surface area contributed by atoms with Crippen LogP contribution in [0.2, 0.25) is 0 Å². The number of aromatic nitrogens is 1. The van der Waals surface area contributed by atoms with Gasteiger partial charge in [-0.3, -0.25) is 10.1 Å². The molecule has 11 heteroatoms. The molecule has 1 heterocycles. The Labute approximate surface area is 101 Å². The minimum Gasteiger partial charge on any atom is -0.491 e. The van der Waals surface area contributed by atoms with E-state index in [9.17, 15) is 32.1 Å². The van der Waals surface area contributed by atoms with Crippen LogP contribution in [0.1, 0.15) is 12.1 Å². The standard InChI is InChI=1S/C8H5F5N2O4/c1-18-4-2-3(15(16)17)5(6(9)10)14-7(4)19-8(11,12)13/h2,6H,1H3. The predicted molar refractivity (Wildman–Crippen MR) is 49.1 cm³/mol. The number of halogens is 5. The molecule has 0 aromatic carbocycles. The minimum absolute atomic E-state index is 0.384. The Hall–Kier alpha value is -2.20. The van der Waals surface area contributed by atoms with Gasteiger partial charge in [0.2, 0.25) is 0 Å². The highest BCUT2D eigenvalue weighted by Crippen LogP contribution is 2.37. The molecule has 0 spiro atoms. The molecule has 0 atom stereocenters. The lowest BCUT2D eigenvalue weighted by molar-refractivity contribution is -0.386. The quantitative estimate of drug-likeness (QED) is 0.484. The monoisotopic (exact) mass is 288 g/mol. The number of rotatable bonds is 4. The third-order valence-corrected chi connectivity index (χ3v) is 1.80. The van der Waals surface area contributed by atoms with Crippen LogP contribution in [0.5, 0.6) is 11.6 Å². The van der Waals surface area contributed by atoms with Gasteiger partial charge < -0.3 is 9.47 Å². The third kappa shape index (κ3) is 3.63. The lowest BCUT2D eigenvalue weighted by Crippen LogP contribution is -2.19. The van der Waals surface area contributed by atoms with E-state index in [1.807, 2.05) is 0 Å². The smallest absolute Gasteiger partial charge is 0.491 e. The van der Waals surface area contributed by atoms with E-state index in [0.717, 1.165) is 7.11 Å². The molecule has 0 amide bonds. The molecular weight excluding hydrogens is 283 g/mol.